The molecule has 1 atom stereocenters. The van der Waals surface area contributed by atoms with Crippen LogP contribution in [0.25, 0.3) is 11.3 Å². The van der Waals surface area contributed by atoms with Crippen molar-refractivity contribution in [2.24, 2.45) is 5.92 Å². The summed E-state index contributed by atoms with van der Waals surface area (Å²) >= 11 is 1.60. The quantitative estimate of drug-likeness (QED) is 0.938. The van der Waals surface area contributed by atoms with Crippen LogP contribution >= 0.6 is 11.3 Å². The number of thiazole rings is 1. The second-order valence-electron chi connectivity index (χ2n) is 6.22. The van der Waals surface area contributed by atoms with Gasteiger partial charge >= 0.3 is 0 Å². The molecule has 1 fully saturated rings. The van der Waals surface area contributed by atoms with Gasteiger partial charge in [0.2, 0.25) is 5.91 Å². The van der Waals surface area contributed by atoms with Crippen molar-refractivity contribution < 1.29 is 9.90 Å². The first kappa shape index (κ1) is 16.1. The van der Waals surface area contributed by atoms with E-state index in [1.165, 1.54) is 5.56 Å². The third kappa shape index (κ3) is 3.62. The van der Waals surface area contributed by atoms with E-state index in [4.69, 9.17) is 0 Å². The second kappa shape index (κ2) is 6.81. The van der Waals surface area contributed by atoms with Gasteiger partial charge in [0.05, 0.1) is 17.1 Å². The molecule has 1 N–H and O–H groups in total. The highest BCUT2D eigenvalue weighted by atomic mass is 32.1. The van der Waals surface area contributed by atoms with Gasteiger partial charge in [-0.1, -0.05) is 29.8 Å². The van der Waals surface area contributed by atoms with Crippen molar-refractivity contribution in [3.05, 3.63) is 39.7 Å². The van der Waals surface area contributed by atoms with Crippen LogP contribution < -0.4 is 0 Å². The van der Waals surface area contributed by atoms with E-state index >= 15 is 0 Å². The molecular weight excluding hydrogens is 308 g/mol. The molecule has 5 heteroatoms. The third-order valence-electron chi connectivity index (χ3n) is 4.34. The molecule has 0 bridgehead atoms. The van der Waals surface area contributed by atoms with Crippen molar-refractivity contribution in [2.45, 2.75) is 26.7 Å². The summed E-state index contributed by atoms with van der Waals surface area (Å²) in [7, 11) is 0. The van der Waals surface area contributed by atoms with Gasteiger partial charge in [-0.3, -0.25) is 4.79 Å². The number of carbonyl (C=O) groups is 1. The Labute approximate surface area is 140 Å². The Bertz CT molecular complexity index is 694. The summed E-state index contributed by atoms with van der Waals surface area (Å²) in [6.45, 7) is 5.63. The van der Waals surface area contributed by atoms with Crippen LogP contribution in [0.3, 0.4) is 0 Å². The minimum absolute atomic E-state index is 0.137. The van der Waals surface area contributed by atoms with Gasteiger partial charge in [0.15, 0.2) is 0 Å². The predicted octanol–water partition coefficient (Wildman–Crippen LogP) is 2.81. The molecule has 1 aliphatic heterocycles. The standard InChI is InChI=1S/C18H22N2O2S/c1-12-3-5-15(6-4-12)18-16(23-13(2)19-18)9-17(22)20-8-7-14(10-20)11-21/h3-6,14,21H,7-11H2,1-2H3. The van der Waals surface area contributed by atoms with E-state index in [9.17, 15) is 9.90 Å². The number of aromatic nitrogens is 1. The molecule has 0 saturated carbocycles. The summed E-state index contributed by atoms with van der Waals surface area (Å²) in [5.74, 6) is 0.372. The zero-order chi connectivity index (χ0) is 16.4. The minimum Gasteiger partial charge on any atom is -0.396 e. The lowest BCUT2D eigenvalue weighted by atomic mass is 10.1. The average molecular weight is 330 g/mol. The maximum Gasteiger partial charge on any atom is 0.227 e. The molecule has 1 aromatic carbocycles. The molecule has 2 heterocycles. The highest BCUT2D eigenvalue weighted by Gasteiger charge is 2.26. The number of aliphatic hydroxyl groups excluding tert-OH is 1. The number of aliphatic hydroxyl groups is 1. The number of amides is 1. The summed E-state index contributed by atoms with van der Waals surface area (Å²) in [6.07, 6.45) is 1.29. The van der Waals surface area contributed by atoms with Gasteiger partial charge in [-0.15, -0.1) is 11.3 Å². The van der Waals surface area contributed by atoms with Crippen LogP contribution in [-0.2, 0) is 11.2 Å². The van der Waals surface area contributed by atoms with Crippen LogP contribution in [0.4, 0.5) is 0 Å². The fourth-order valence-corrected chi connectivity index (χ4v) is 3.93. The topological polar surface area (TPSA) is 53.4 Å². The Kier molecular flexibility index (Phi) is 4.78. The Morgan fingerprint density at radius 1 is 1.35 bits per heavy atom. The van der Waals surface area contributed by atoms with E-state index < -0.39 is 0 Å². The highest BCUT2D eigenvalue weighted by molar-refractivity contribution is 7.12. The Morgan fingerprint density at radius 3 is 2.74 bits per heavy atom. The molecule has 1 amide bonds. The first-order chi connectivity index (χ1) is 11.1. The first-order valence-corrected chi connectivity index (χ1v) is 8.80. The van der Waals surface area contributed by atoms with Gasteiger partial charge in [-0.25, -0.2) is 4.98 Å². The van der Waals surface area contributed by atoms with Crippen molar-refractivity contribution >= 4 is 17.2 Å². The van der Waals surface area contributed by atoms with Crippen LogP contribution in [0.15, 0.2) is 24.3 Å². The second-order valence-corrected chi connectivity index (χ2v) is 7.51. The molecule has 1 saturated heterocycles. The van der Waals surface area contributed by atoms with Crippen molar-refractivity contribution in [3.63, 3.8) is 0 Å². The number of carbonyl (C=O) groups excluding carboxylic acids is 1. The number of rotatable bonds is 4. The van der Waals surface area contributed by atoms with Crippen molar-refractivity contribution in [2.75, 3.05) is 19.7 Å². The SMILES string of the molecule is Cc1ccc(-c2nc(C)sc2CC(=O)N2CCC(CO)C2)cc1. The fraction of sp³-hybridized carbons (Fsp3) is 0.444. The highest BCUT2D eigenvalue weighted by Crippen LogP contribution is 2.29. The molecule has 3 rings (SSSR count). The van der Waals surface area contributed by atoms with E-state index in [0.717, 1.165) is 34.1 Å². The van der Waals surface area contributed by atoms with Crippen molar-refractivity contribution in [3.8, 4) is 11.3 Å². The molecule has 1 aromatic heterocycles. The number of hydrogen-bond acceptors (Lipinski definition) is 4. The smallest absolute Gasteiger partial charge is 0.227 e. The molecule has 2 aromatic rings. The third-order valence-corrected chi connectivity index (χ3v) is 5.31. The van der Waals surface area contributed by atoms with E-state index in [1.807, 2.05) is 11.8 Å². The van der Waals surface area contributed by atoms with Gasteiger partial charge in [0, 0.05) is 36.1 Å². The molecule has 0 spiro atoms. The summed E-state index contributed by atoms with van der Waals surface area (Å²) in [5, 5.41) is 10.2. The molecule has 0 aliphatic carbocycles. The van der Waals surface area contributed by atoms with Gasteiger partial charge in [0.25, 0.3) is 0 Å². The van der Waals surface area contributed by atoms with Crippen LogP contribution in [0.5, 0.6) is 0 Å². The molecule has 1 unspecified atom stereocenters. The van der Waals surface area contributed by atoms with Crippen molar-refractivity contribution in [1.82, 2.24) is 9.88 Å². The summed E-state index contributed by atoms with van der Waals surface area (Å²) < 4.78 is 0. The lowest BCUT2D eigenvalue weighted by Gasteiger charge is -2.16. The van der Waals surface area contributed by atoms with E-state index in [-0.39, 0.29) is 18.4 Å². The zero-order valence-electron chi connectivity index (χ0n) is 13.6. The average Bonchev–Trinajstić information content (AvgIpc) is 3.15. The number of nitrogens with zero attached hydrogens (tertiary/aromatic N) is 2. The monoisotopic (exact) mass is 330 g/mol. The number of benzene rings is 1. The van der Waals surface area contributed by atoms with Gasteiger partial charge in [-0.05, 0) is 20.3 Å². The molecule has 23 heavy (non-hydrogen) atoms. The minimum atomic E-state index is 0.137. The van der Waals surface area contributed by atoms with Gasteiger partial charge < -0.3 is 10.0 Å². The molecule has 122 valence electrons. The van der Waals surface area contributed by atoms with Crippen LogP contribution in [0, 0.1) is 19.8 Å². The van der Waals surface area contributed by atoms with Crippen LogP contribution in [-0.4, -0.2) is 40.6 Å². The molecule has 0 radical (unpaired) electrons. The van der Waals surface area contributed by atoms with Crippen LogP contribution in [0.1, 0.15) is 21.9 Å². The Hall–Kier alpha value is -1.72. The largest absolute Gasteiger partial charge is 0.396 e. The number of likely N-dealkylation sites (tertiary alicyclic amines) is 1. The number of hydrogen-bond donors (Lipinski definition) is 1. The fourth-order valence-electron chi connectivity index (χ4n) is 2.98. The lowest BCUT2D eigenvalue weighted by molar-refractivity contribution is -0.129. The first-order valence-electron chi connectivity index (χ1n) is 7.99. The van der Waals surface area contributed by atoms with E-state index in [1.54, 1.807) is 11.3 Å². The normalized spacial score (nSPS) is 17.7. The molecular formula is C18H22N2O2S. The van der Waals surface area contributed by atoms with Gasteiger partial charge in [0.1, 0.15) is 0 Å². The van der Waals surface area contributed by atoms with Crippen LogP contribution in [0.2, 0.25) is 0 Å². The molecule has 1 aliphatic rings. The van der Waals surface area contributed by atoms with Gasteiger partial charge in [-0.2, -0.15) is 0 Å². The lowest BCUT2D eigenvalue weighted by Crippen LogP contribution is -2.30. The predicted molar refractivity (Wildman–Crippen MR) is 92.5 cm³/mol. The van der Waals surface area contributed by atoms with E-state index in [2.05, 4.69) is 36.2 Å². The summed E-state index contributed by atoms with van der Waals surface area (Å²) in [6, 6.07) is 8.27. The van der Waals surface area contributed by atoms with E-state index in [0.29, 0.717) is 13.0 Å². The summed E-state index contributed by atoms with van der Waals surface area (Å²) in [5.41, 5.74) is 3.21. The zero-order valence-corrected chi connectivity index (χ0v) is 14.4. The Balaban J connectivity index is 1.78. The number of aryl methyl sites for hydroxylation is 2. The Morgan fingerprint density at radius 2 is 2.09 bits per heavy atom. The van der Waals surface area contributed by atoms with Crippen molar-refractivity contribution in [1.29, 1.82) is 0 Å². The maximum absolute atomic E-state index is 12.5. The molecule has 4 nitrogen and oxygen atoms in total. The summed E-state index contributed by atoms with van der Waals surface area (Å²) in [4.78, 5) is 20.1. The maximum atomic E-state index is 12.5.